The number of nitrogens with one attached hydrogen (secondary N) is 1. The van der Waals surface area contributed by atoms with Gasteiger partial charge < -0.3 is 14.8 Å². The standard InChI is InChI=1S/C20H24ClNO4/c1-12-6-7-13(14(21)10-12)15-16(26-18(24)19(2,3)4)20(22-17(15)23)8-5-9-25-11-20/h6-7,10H,5,8-9,11H2,1-4H3,(H,22,23). The molecule has 1 saturated heterocycles. The molecule has 1 atom stereocenters. The van der Waals surface area contributed by atoms with Crippen LogP contribution in [0.2, 0.25) is 5.02 Å². The van der Waals surface area contributed by atoms with Gasteiger partial charge in [0, 0.05) is 17.2 Å². The molecule has 1 aromatic rings. The molecule has 0 aromatic heterocycles. The molecule has 2 aliphatic heterocycles. The predicted molar refractivity (Wildman–Crippen MR) is 99.6 cm³/mol. The summed E-state index contributed by atoms with van der Waals surface area (Å²) < 4.78 is 11.4. The van der Waals surface area contributed by atoms with Crippen LogP contribution in [0.25, 0.3) is 5.57 Å². The van der Waals surface area contributed by atoms with Crippen molar-refractivity contribution in [2.75, 3.05) is 13.2 Å². The highest BCUT2D eigenvalue weighted by Gasteiger charge is 2.50. The molecule has 1 aromatic carbocycles. The van der Waals surface area contributed by atoms with Gasteiger partial charge in [-0.2, -0.15) is 0 Å². The number of hydrogen-bond donors (Lipinski definition) is 1. The number of benzene rings is 1. The first-order valence-electron chi connectivity index (χ1n) is 8.78. The second-order valence-corrected chi connectivity index (χ2v) is 8.43. The number of amides is 1. The molecule has 1 amide bonds. The van der Waals surface area contributed by atoms with Gasteiger partial charge in [-0.15, -0.1) is 0 Å². The number of carbonyl (C=O) groups excluding carboxylic acids is 2. The molecule has 5 nitrogen and oxygen atoms in total. The number of rotatable bonds is 2. The van der Waals surface area contributed by atoms with Crippen LogP contribution in [-0.2, 0) is 19.1 Å². The first-order valence-corrected chi connectivity index (χ1v) is 9.16. The maximum absolute atomic E-state index is 12.9. The summed E-state index contributed by atoms with van der Waals surface area (Å²) >= 11 is 6.41. The molecular formula is C20H24ClNO4. The molecule has 26 heavy (non-hydrogen) atoms. The number of esters is 1. The van der Waals surface area contributed by atoms with Gasteiger partial charge in [0.15, 0.2) is 0 Å². The van der Waals surface area contributed by atoms with E-state index in [1.807, 2.05) is 13.0 Å². The molecule has 1 N–H and O–H groups in total. The van der Waals surface area contributed by atoms with Gasteiger partial charge in [-0.1, -0.05) is 23.7 Å². The van der Waals surface area contributed by atoms with Crippen molar-refractivity contribution in [2.45, 2.75) is 46.1 Å². The molecule has 0 radical (unpaired) electrons. The monoisotopic (exact) mass is 377 g/mol. The van der Waals surface area contributed by atoms with Gasteiger partial charge in [0.25, 0.3) is 5.91 Å². The summed E-state index contributed by atoms with van der Waals surface area (Å²) in [5, 5.41) is 3.44. The second-order valence-electron chi connectivity index (χ2n) is 8.02. The van der Waals surface area contributed by atoms with Crippen molar-refractivity contribution < 1.29 is 19.1 Å². The Hall–Kier alpha value is -1.85. The lowest BCUT2D eigenvalue weighted by Crippen LogP contribution is -2.51. The van der Waals surface area contributed by atoms with Crippen molar-refractivity contribution in [3.8, 4) is 0 Å². The zero-order chi connectivity index (χ0) is 19.1. The Balaban J connectivity index is 2.15. The highest BCUT2D eigenvalue weighted by atomic mass is 35.5. The van der Waals surface area contributed by atoms with Crippen LogP contribution in [0.15, 0.2) is 24.0 Å². The van der Waals surface area contributed by atoms with Crippen LogP contribution in [-0.4, -0.2) is 30.6 Å². The van der Waals surface area contributed by atoms with E-state index in [9.17, 15) is 9.59 Å². The van der Waals surface area contributed by atoms with Crippen LogP contribution in [0.3, 0.4) is 0 Å². The van der Waals surface area contributed by atoms with Gasteiger partial charge in [0.2, 0.25) is 0 Å². The largest absolute Gasteiger partial charge is 0.427 e. The van der Waals surface area contributed by atoms with E-state index in [1.54, 1.807) is 32.9 Å². The minimum atomic E-state index is -0.820. The Morgan fingerprint density at radius 3 is 2.65 bits per heavy atom. The SMILES string of the molecule is Cc1ccc(C2=C(OC(=O)C(C)(C)C)C3(CCCOC3)NC2=O)c(Cl)c1. The third kappa shape index (κ3) is 3.38. The van der Waals surface area contributed by atoms with Crippen LogP contribution < -0.4 is 5.32 Å². The van der Waals surface area contributed by atoms with E-state index in [4.69, 9.17) is 21.1 Å². The molecule has 140 valence electrons. The van der Waals surface area contributed by atoms with E-state index in [0.717, 1.165) is 12.0 Å². The molecular weight excluding hydrogens is 354 g/mol. The van der Waals surface area contributed by atoms with E-state index in [0.29, 0.717) is 34.9 Å². The summed E-state index contributed by atoms with van der Waals surface area (Å²) in [5.74, 6) is -0.361. The van der Waals surface area contributed by atoms with E-state index in [1.165, 1.54) is 0 Å². The quantitative estimate of drug-likeness (QED) is 0.799. The molecule has 0 bridgehead atoms. The van der Waals surface area contributed by atoms with E-state index >= 15 is 0 Å². The topological polar surface area (TPSA) is 64.6 Å². The Kier molecular flexibility index (Phi) is 4.88. The van der Waals surface area contributed by atoms with Gasteiger partial charge in [0.1, 0.15) is 11.3 Å². The highest BCUT2D eigenvalue weighted by molar-refractivity contribution is 6.35. The number of ether oxygens (including phenoxy) is 2. The van der Waals surface area contributed by atoms with Gasteiger partial charge in [-0.25, -0.2) is 0 Å². The van der Waals surface area contributed by atoms with Gasteiger partial charge in [0.05, 0.1) is 17.6 Å². The average Bonchev–Trinajstić information content (AvgIpc) is 2.79. The minimum absolute atomic E-state index is 0.276. The normalized spacial score (nSPS) is 23.3. The van der Waals surface area contributed by atoms with Crippen LogP contribution in [0.4, 0.5) is 0 Å². The van der Waals surface area contributed by atoms with Crippen molar-refractivity contribution in [2.24, 2.45) is 5.41 Å². The number of carbonyl (C=O) groups is 2. The maximum atomic E-state index is 12.9. The van der Waals surface area contributed by atoms with Crippen molar-refractivity contribution in [3.63, 3.8) is 0 Å². The summed E-state index contributed by atoms with van der Waals surface area (Å²) in [6.07, 6.45) is 1.42. The molecule has 1 spiro atoms. The van der Waals surface area contributed by atoms with E-state index in [2.05, 4.69) is 5.32 Å². The molecule has 0 aliphatic carbocycles. The molecule has 1 fully saturated rings. The molecule has 3 rings (SSSR count). The maximum Gasteiger partial charge on any atom is 0.316 e. The van der Waals surface area contributed by atoms with Crippen LogP contribution in [0, 0.1) is 12.3 Å². The van der Waals surface area contributed by atoms with E-state index in [-0.39, 0.29) is 12.5 Å². The number of hydrogen-bond acceptors (Lipinski definition) is 4. The van der Waals surface area contributed by atoms with Crippen molar-refractivity contribution in [1.29, 1.82) is 0 Å². The highest BCUT2D eigenvalue weighted by Crippen LogP contribution is 2.41. The summed E-state index contributed by atoms with van der Waals surface area (Å²) in [5.41, 5.74) is 0.353. The van der Waals surface area contributed by atoms with Crippen LogP contribution >= 0.6 is 11.6 Å². The summed E-state index contributed by atoms with van der Waals surface area (Å²) in [7, 11) is 0. The first kappa shape index (κ1) is 18.9. The van der Waals surface area contributed by atoms with Gasteiger partial charge >= 0.3 is 5.97 Å². The third-order valence-corrected chi connectivity index (χ3v) is 5.00. The lowest BCUT2D eigenvalue weighted by molar-refractivity contribution is -0.150. The van der Waals surface area contributed by atoms with Crippen molar-refractivity contribution in [3.05, 3.63) is 40.1 Å². The molecule has 2 aliphatic rings. The molecule has 2 heterocycles. The van der Waals surface area contributed by atoms with Crippen molar-refractivity contribution in [1.82, 2.24) is 5.32 Å². The summed E-state index contributed by atoms with van der Waals surface area (Å²) in [6.45, 7) is 8.17. The lowest BCUT2D eigenvalue weighted by atomic mass is 9.89. The average molecular weight is 378 g/mol. The lowest BCUT2D eigenvalue weighted by Gasteiger charge is -2.35. The van der Waals surface area contributed by atoms with Gasteiger partial charge in [-0.3, -0.25) is 9.59 Å². The third-order valence-electron chi connectivity index (χ3n) is 4.68. The minimum Gasteiger partial charge on any atom is -0.427 e. The van der Waals surface area contributed by atoms with Crippen LogP contribution in [0.1, 0.15) is 44.7 Å². The summed E-state index contributed by atoms with van der Waals surface area (Å²) in [4.78, 5) is 25.5. The predicted octanol–water partition coefficient (Wildman–Crippen LogP) is 3.63. The zero-order valence-electron chi connectivity index (χ0n) is 15.6. The van der Waals surface area contributed by atoms with Crippen LogP contribution in [0.5, 0.6) is 0 Å². The Morgan fingerprint density at radius 2 is 2.08 bits per heavy atom. The first-order chi connectivity index (χ1) is 12.1. The second kappa shape index (κ2) is 6.71. The smallest absolute Gasteiger partial charge is 0.316 e. The number of aryl methyl sites for hydroxylation is 1. The van der Waals surface area contributed by atoms with Crippen molar-refractivity contribution >= 4 is 29.1 Å². The molecule has 6 heteroatoms. The Bertz CT molecular complexity index is 785. The Labute approximate surface area is 158 Å². The Morgan fingerprint density at radius 1 is 1.35 bits per heavy atom. The fourth-order valence-corrected chi connectivity index (χ4v) is 3.54. The fourth-order valence-electron chi connectivity index (χ4n) is 3.21. The zero-order valence-corrected chi connectivity index (χ0v) is 16.3. The number of halogens is 1. The van der Waals surface area contributed by atoms with E-state index < -0.39 is 16.9 Å². The molecule has 0 saturated carbocycles. The fraction of sp³-hybridized carbons (Fsp3) is 0.500. The molecule has 1 unspecified atom stereocenters. The summed E-state index contributed by atoms with van der Waals surface area (Å²) in [6, 6.07) is 5.47. The van der Waals surface area contributed by atoms with Gasteiger partial charge in [-0.05, 0) is 52.2 Å².